The lowest BCUT2D eigenvalue weighted by Crippen LogP contribution is -2.31. The van der Waals surface area contributed by atoms with E-state index in [-0.39, 0.29) is 16.1 Å². The quantitative estimate of drug-likeness (QED) is 0.132. The van der Waals surface area contributed by atoms with E-state index in [1.165, 1.54) is 78.1 Å². The van der Waals surface area contributed by atoms with Gasteiger partial charge in [0, 0.05) is 5.56 Å². The predicted molar refractivity (Wildman–Crippen MR) is 212 cm³/mol. The summed E-state index contributed by atoms with van der Waals surface area (Å²) in [6.45, 7) is -2.62. The highest BCUT2D eigenvalue weighted by Crippen LogP contribution is 2.58. The van der Waals surface area contributed by atoms with Crippen molar-refractivity contribution in [2.45, 2.75) is 67.0 Å². The van der Waals surface area contributed by atoms with Gasteiger partial charge in [-0.05, 0) is 132 Å². The molecule has 0 amide bonds. The molecular formula is C40H38F10O4S4. The van der Waals surface area contributed by atoms with Crippen molar-refractivity contribution in [3.8, 4) is 11.5 Å². The van der Waals surface area contributed by atoms with Crippen LogP contribution in [0.25, 0.3) is 0 Å². The zero-order valence-electron chi connectivity index (χ0n) is 30.8. The Labute approximate surface area is 346 Å². The maximum absolute atomic E-state index is 13.2. The molecule has 2 saturated heterocycles. The number of aldehydes is 1. The van der Waals surface area contributed by atoms with Crippen LogP contribution in [0.15, 0.2) is 84.9 Å². The Morgan fingerprint density at radius 1 is 0.690 bits per heavy atom. The SMILES string of the molecule is Cc1cc(C(O)C2(c3cccc(C(F)(F)F)c3)SCCCS2)ccc1OC(F)F.Cc1cc(C=O)ccc1OC(F)F.FC(F)(F)c1cccc(C2SCCCS2)c1. The molecule has 2 heterocycles. The highest BCUT2D eigenvalue weighted by molar-refractivity contribution is 8.18. The molecule has 6 rings (SSSR count). The van der Waals surface area contributed by atoms with E-state index >= 15 is 0 Å². The van der Waals surface area contributed by atoms with Gasteiger partial charge in [-0.15, -0.1) is 47.0 Å². The monoisotopic (exact) mass is 900 g/mol. The molecule has 0 bridgehead atoms. The van der Waals surface area contributed by atoms with Crippen molar-refractivity contribution in [2.75, 3.05) is 23.0 Å². The average Bonchev–Trinajstić information content (AvgIpc) is 3.19. The van der Waals surface area contributed by atoms with Crippen molar-refractivity contribution >= 4 is 53.3 Å². The summed E-state index contributed by atoms with van der Waals surface area (Å²) in [6, 6.07) is 19.3. The highest BCUT2D eigenvalue weighted by Gasteiger charge is 2.45. The fourth-order valence-corrected chi connectivity index (χ4v) is 12.0. The van der Waals surface area contributed by atoms with E-state index in [9.17, 15) is 53.8 Å². The van der Waals surface area contributed by atoms with Crippen LogP contribution >= 0.6 is 47.0 Å². The van der Waals surface area contributed by atoms with E-state index in [0.29, 0.717) is 45.6 Å². The first-order chi connectivity index (χ1) is 27.3. The molecule has 2 aliphatic rings. The number of benzene rings is 4. The number of carbonyl (C=O) groups excluding carboxylic acids is 1. The Bertz CT molecular complexity index is 1930. The van der Waals surface area contributed by atoms with Crippen molar-refractivity contribution in [2.24, 2.45) is 0 Å². The number of halogens is 10. The van der Waals surface area contributed by atoms with Gasteiger partial charge < -0.3 is 14.6 Å². The lowest BCUT2D eigenvalue weighted by atomic mass is 9.97. The first-order valence-corrected chi connectivity index (χ1v) is 21.5. The summed E-state index contributed by atoms with van der Waals surface area (Å²) in [5.41, 5.74) is 1.64. The number of aryl methyl sites for hydroxylation is 2. The highest BCUT2D eigenvalue weighted by atomic mass is 32.2. The van der Waals surface area contributed by atoms with Gasteiger partial charge in [-0.2, -0.15) is 43.9 Å². The molecule has 4 aromatic rings. The van der Waals surface area contributed by atoms with E-state index in [2.05, 4.69) is 9.47 Å². The first-order valence-electron chi connectivity index (χ1n) is 17.4. The molecule has 2 fully saturated rings. The molecule has 58 heavy (non-hydrogen) atoms. The minimum Gasteiger partial charge on any atom is -0.435 e. The maximum Gasteiger partial charge on any atom is 0.416 e. The summed E-state index contributed by atoms with van der Waals surface area (Å²) in [4.78, 5) is 10.3. The number of aliphatic hydroxyl groups is 1. The van der Waals surface area contributed by atoms with Gasteiger partial charge in [0.1, 0.15) is 28.0 Å². The number of thioether (sulfide) groups is 4. The zero-order valence-corrected chi connectivity index (χ0v) is 34.1. The summed E-state index contributed by atoms with van der Waals surface area (Å²) in [5.74, 6) is 3.54. The van der Waals surface area contributed by atoms with Crippen molar-refractivity contribution in [3.05, 3.63) is 129 Å². The second kappa shape index (κ2) is 21.4. The van der Waals surface area contributed by atoms with Gasteiger partial charge in [0.05, 0.1) is 15.7 Å². The number of rotatable bonds is 9. The smallest absolute Gasteiger partial charge is 0.416 e. The molecule has 4 nitrogen and oxygen atoms in total. The van der Waals surface area contributed by atoms with E-state index in [0.717, 1.165) is 48.1 Å². The van der Waals surface area contributed by atoms with Gasteiger partial charge in [0.2, 0.25) is 0 Å². The van der Waals surface area contributed by atoms with E-state index < -0.39 is 46.9 Å². The number of hydrogen-bond acceptors (Lipinski definition) is 8. The van der Waals surface area contributed by atoms with Crippen LogP contribution in [-0.4, -0.2) is 47.6 Å². The molecule has 18 heteroatoms. The number of ether oxygens (including phenoxy) is 2. The lowest BCUT2D eigenvalue weighted by Gasteiger charge is -2.41. The first kappa shape index (κ1) is 47.5. The van der Waals surface area contributed by atoms with Gasteiger partial charge in [-0.3, -0.25) is 4.79 Å². The van der Waals surface area contributed by atoms with E-state index in [1.54, 1.807) is 49.5 Å². The van der Waals surface area contributed by atoms with Crippen LogP contribution in [0.1, 0.15) is 72.8 Å². The molecular weight excluding hydrogens is 863 g/mol. The molecule has 1 unspecified atom stereocenters. The fourth-order valence-electron chi connectivity index (χ4n) is 5.75. The third-order valence-electron chi connectivity index (χ3n) is 8.47. The van der Waals surface area contributed by atoms with Crippen molar-refractivity contribution in [3.63, 3.8) is 0 Å². The van der Waals surface area contributed by atoms with Crippen LogP contribution in [0.5, 0.6) is 11.5 Å². The van der Waals surface area contributed by atoms with Crippen LogP contribution in [0.3, 0.4) is 0 Å². The molecule has 2 aliphatic heterocycles. The third kappa shape index (κ3) is 13.4. The molecule has 0 spiro atoms. The number of alkyl halides is 10. The zero-order chi connectivity index (χ0) is 42.7. The predicted octanol–water partition coefficient (Wildman–Crippen LogP) is 13.4. The summed E-state index contributed by atoms with van der Waals surface area (Å²) in [6.07, 6.45) is -7.19. The molecule has 1 atom stereocenters. The third-order valence-corrected chi connectivity index (χ3v) is 15.0. The topological polar surface area (TPSA) is 55.8 Å². The van der Waals surface area contributed by atoms with Crippen LogP contribution in [0, 0.1) is 13.8 Å². The maximum atomic E-state index is 13.2. The Morgan fingerprint density at radius 3 is 1.72 bits per heavy atom. The Hall–Kier alpha value is -3.19. The van der Waals surface area contributed by atoms with Gasteiger partial charge in [-0.25, -0.2) is 0 Å². The van der Waals surface area contributed by atoms with Crippen molar-refractivity contribution in [1.82, 2.24) is 0 Å². The number of aliphatic hydroxyl groups excluding tert-OH is 1. The fraction of sp³-hybridized carbons (Fsp3) is 0.375. The summed E-state index contributed by atoms with van der Waals surface area (Å²) < 4.78 is 134. The Morgan fingerprint density at radius 2 is 1.21 bits per heavy atom. The van der Waals surface area contributed by atoms with Crippen LogP contribution in [0.2, 0.25) is 0 Å². The van der Waals surface area contributed by atoms with Crippen LogP contribution < -0.4 is 9.47 Å². The van der Waals surface area contributed by atoms with Gasteiger partial charge in [0.15, 0.2) is 0 Å². The minimum atomic E-state index is -4.49. The normalized spacial score (nSPS) is 16.4. The molecule has 0 aliphatic carbocycles. The summed E-state index contributed by atoms with van der Waals surface area (Å²) in [5, 5.41) is 11.2. The van der Waals surface area contributed by atoms with E-state index in [1.807, 2.05) is 0 Å². The molecule has 0 aromatic heterocycles. The second-order valence-electron chi connectivity index (χ2n) is 12.7. The molecule has 4 aromatic carbocycles. The summed E-state index contributed by atoms with van der Waals surface area (Å²) in [7, 11) is 0. The molecule has 0 saturated carbocycles. The van der Waals surface area contributed by atoms with E-state index in [4.69, 9.17) is 0 Å². The summed E-state index contributed by atoms with van der Waals surface area (Å²) >= 11 is 6.26. The Kier molecular flexibility index (Phi) is 17.5. The molecule has 316 valence electrons. The van der Waals surface area contributed by atoms with Gasteiger partial charge >= 0.3 is 25.6 Å². The van der Waals surface area contributed by atoms with Crippen LogP contribution in [0.4, 0.5) is 43.9 Å². The minimum absolute atomic E-state index is 0.00646. The van der Waals surface area contributed by atoms with Crippen molar-refractivity contribution < 1.29 is 63.3 Å². The second-order valence-corrected chi connectivity index (χ2v) is 18.3. The van der Waals surface area contributed by atoms with Crippen LogP contribution in [-0.2, 0) is 16.4 Å². The van der Waals surface area contributed by atoms with Crippen molar-refractivity contribution in [1.29, 1.82) is 0 Å². The molecule has 1 N–H and O–H groups in total. The van der Waals surface area contributed by atoms with Gasteiger partial charge in [-0.1, -0.05) is 30.3 Å². The molecule has 0 radical (unpaired) electrons. The average molecular weight is 901 g/mol. The Balaban J connectivity index is 0.000000215. The standard InChI is InChI=1S/C20H19F5O2S2.C11H11F3S2.C9H8F2O2/c1-12-10-13(6-7-16(12)27-18(21)22)17(26)19(28-8-3-9-29-19)14-4-2-5-15(11-14)20(23,24)25;12-11(13,14)9-4-1-3-8(7-9)10-15-5-2-6-16-10;1-6-4-7(5-12)2-3-8(6)13-9(10)11/h2,4-7,10-11,17-18,26H,3,8-9H2,1H3;1,3-4,7,10H,2,5-6H2;2-5,9H,1H3. The number of carbonyl (C=O) groups is 1. The van der Waals surface area contributed by atoms with Gasteiger partial charge in [0.25, 0.3) is 0 Å². The lowest BCUT2D eigenvalue weighted by molar-refractivity contribution is -0.138. The number of hydrogen-bond donors (Lipinski definition) is 1. The largest absolute Gasteiger partial charge is 0.435 e.